The van der Waals surface area contributed by atoms with Crippen LogP contribution in [0.4, 0.5) is 13.2 Å². The molecule has 0 saturated heterocycles. The summed E-state index contributed by atoms with van der Waals surface area (Å²) in [7, 11) is 0. The summed E-state index contributed by atoms with van der Waals surface area (Å²) in [5.74, 6) is -1.52. The minimum atomic E-state index is -0.590. The molecule has 138 valence electrons. The molecule has 2 aromatic carbocycles. The van der Waals surface area contributed by atoms with Crippen LogP contribution in [0.2, 0.25) is 0 Å². The lowest BCUT2D eigenvalue weighted by Gasteiger charge is -2.19. The third-order valence-corrected chi connectivity index (χ3v) is 5.14. The van der Waals surface area contributed by atoms with Crippen molar-refractivity contribution < 1.29 is 13.2 Å². The molecule has 0 saturated carbocycles. The molecule has 1 aliphatic carbocycles. The molecule has 0 aromatic heterocycles. The second kappa shape index (κ2) is 8.57. The molecule has 2 aromatic rings. The van der Waals surface area contributed by atoms with Crippen molar-refractivity contribution in [2.45, 2.75) is 58.3 Å². The zero-order valence-corrected chi connectivity index (χ0v) is 15.3. The first-order chi connectivity index (χ1) is 12.6. The SMILES string of the molecule is CCCCCCCC1=Cc2cc(F)c(-c3ccc(F)cc3)c(F)c2CC1. The van der Waals surface area contributed by atoms with E-state index in [1.807, 2.05) is 6.08 Å². The van der Waals surface area contributed by atoms with Gasteiger partial charge in [0.2, 0.25) is 0 Å². The van der Waals surface area contributed by atoms with E-state index in [1.54, 1.807) is 0 Å². The standard InChI is InChI=1S/C23H25F3/c1-2-3-4-5-6-7-16-8-13-20-18(14-16)15-21(25)22(23(20)26)17-9-11-19(24)12-10-17/h9-12,14-15H,2-8,13H2,1H3. The van der Waals surface area contributed by atoms with Crippen molar-refractivity contribution in [2.75, 3.05) is 0 Å². The molecule has 0 amide bonds. The molecule has 26 heavy (non-hydrogen) atoms. The van der Waals surface area contributed by atoms with E-state index in [1.165, 1.54) is 61.6 Å². The Balaban J connectivity index is 1.81. The Bertz CT molecular complexity index is 788. The number of halogens is 3. The predicted octanol–water partition coefficient (Wildman–Crippen LogP) is 7.46. The van der Waals surface area contributed by atoms with Gasteiger partial charge in [0.05, 0.1) is 5.56 Å². The monoisotopic (exact) mass is 358 g/mol. The van der Waals surface area contributed by atoms with E-state index in [-0.39, 0.29) is 5.56 Å². The minimum absolute atomic E-state index is 0.0554. The van der Waals surface area contributed by atoms with Gasteiger partial charge in [-0.1, -0.05) is 56.4 Å². The van der Waals surface area contributed by atoms with Crippen LogP contribution in [0, 0.1) is 17.5 Å². The molecule has 0 radical (unpaired) electrons. The van der Waals surface area contributed by atoms with Gasteiger partial charge in [0.15, 0.2) is 0 Å². The van der Waals surface area contributed by atoms with Crippen molar-refractivity contribution in [3.8, 4) is 11.1 Å². The van der Waals surface area contributed by atoms with Crippen LogP contribution in [0.3, 0.4) is 0 Å². The Kier molecular flexibility index (Phi) is 6.18. The van der Waals surface area contributed by atoms with Crippen LogP contribution in [0.15, 0.2) is 35.9 Å². The summed E-state index contributed by atoms with van der Waals surface area (Å²) in [5, 5.41) is 0. The predicted molar refractivity (Wildman–Crippen MR) is 101 cm³/mol. The third-order valence-electron chi connectivity index (χ3n) is 5.14. The first kappa shape index (κ1) is 18.8. The van der Waals surface area contributed by atoms with E-state index in [0.717, 1.165) is 19.3 Å². The number of hydrogen-bond acceptors (Lipinski definition) is 0. The Hall–Kier alpha value is -2.03. The smallest absolute Gasteiger partial charge is 0.137 e. The summed E-state index contributed by atoms with van der Waals surface area (Å²) in [6.45, 7) is 2.20. The number of benzene rings is 2. The van der Waals surface area contributed by atoms with Crippen molar-refractivity contribution in [3.63, 3.8) is 0 Å². The van der Waals surface area contributed by atoms with Crippen molar-refractivity contribution in [1.82, 2.24) is 0 Å². The molecular weight excluding hydrogens is 333 g/mol. The molecule has 0 fully saturated rings. The Labute approximate surface area is 153 Å². The van der Waals surface area contributed by atoms with Crippen LogP contribution in [0.5, 0.6) is 0 Å². The molecule has 0 heterocycles. The fourth-order valence-corrected chi connectivity index (χ4v) is 3.67. The highest BCUT2D eigenvalue weighted by Crippen LogP contribution is 2.35. The van der Waals surface area contributed by atoms with Gasteiger partial charge in [0.25, 0.3) is 0 Å². The maximum Gasteiger partial charge on any atom is 0.137 e. The number of rotatable bonds is 7. The Morgan fingerprint density at radius 3 is 2.35 bits per heavy atom. The maximum absolute atomic E-state index is 15.0. The number of fused-ring (bicyclic) bond motifs is 1. The second-order valence-electron chi connectivity index (χ2n) is 7.09. The lowest BCUT2D eigenvalue weighted by Crippen LogP contribution is -2.06. The zero-order valence-electron chi connectivity index (χ0n) is 15.3. The average Bonchev–Trinajstić information content (AvgIpc) is 2.63. The molecule has 0 unspecified atom stereocenters. The van der Waals surface area contributed by atoms with Crippen LogP contribution in [-0.4, -0.2) is 0 Å². The zero-order chi connectivity index (χ0) is 18.5. The molecule has 0 spiro atoms. The number of hydrogen-bond donors (Lipinski definition) is 0. The van der Waals surface area contributed by atoms with Crippen LogP contribution >= 0.6 is 0 Å². The Morgan fingerprint density at radius 1 is 0.885 bits per heavy atom. The van der Waals surface area contributed by atoms with E-state index in [0.29, 0.717) is 23.1 Å². The van der Waals surface area contributed by atoms with E-state index >= 15 is 0 Å². The van der Waals surface area contributed by atoms with Crippen LogP contribution in [-0.2, 0) is 6.42 Å². The van der Waals surface area contributed by atoms with Gasteiger partial charge >= 0.3 is 0 Å². The fraction of sp³-hybridized carbons (Fsp3) is 0.391. The number of unbranched alkanes of at least 4 members (excludes halogenated alkanes) is 4. The highest BCUT2D eigenvalue weighted by Gasteiger charge is 2.21. The first-order valence-corrected chi connectivity index (χ1v) is 9.56. The molecule has 3 rings (SSSR count). The third kappa shape index (κ3) is 4.20. The van der Waals surface area contributed by atoms with Crippen molar-refractivity contribution in [1.29, 1.82) is 0 Å². The second-order valence-corrected chi connectivity index (χ2v) is 7.09. The molecule has 0 N–H and O–H groups in total. The lowest BCUT2D eigenvalue weighted by atomic mass is 9.87. The van der Waals surface area contributed by atoms with Gasteiger partial charge < -0.3 is 0 Å². The number of allylic oxidation sites excluding steroid dienone is 1. The van der Waals surface area contributed by atoms with Gasteiger partial charge in [-0.2, -0.15) is 0 Å². The van der Waals surface area contributed by atoms with Crippen molar-refractivity contribution >= 4 is 6.08 Å². The normalized spacial score (nSPS) is 13.5. The first-order valence-electron chi connectivity index (χ1n) is 9.56. The molecule has 0 aliphatic heterocycles. The van der Waals surface area contributed by atoms with Crippen LogP contribution in [0.25, 0.3) is 17.2 Å². The Morgan fingerprint density at radius 2 is 1.62 bits per heavy atom. The van der Waals surface area contributed by atoms with E-state index in [9.17, 15) is 13.2 Å². The van der Waals surface area contributed by atoms with Crippen molar-refractivity contribution in [2.24, 2.45) is 0 Å². The average molecular weight is 358 g/mol. The summed E-state index contributed by atoms with van der Waals surface area (Å²) in [6, 6.07) is 6.72. The van der Waals surface area contributed by atoms with Gasteiger partial charge in [-0.25, -0.2) is 13.2 Å². The quantitative estimate of drug-likeness (QED) is 0.451. The summed E-state index contributed by atoms with van der Waals surface area (Å²) in [6.07, 6.45) is 10.5. The van der Waals surface area contributed by atoms with E-state index in [4.69, 9.17) is 0 Å². The van der Waals surface area contributed by atoms with Crippen LogP contribution in [0.1, 0.15) is 63.0 Å². The van der Waals surface area contributed by atoms with Gasteiger partial charge in [-0.05, 0) is 60.6 Å². The molecule has 0 atom stereocenters. The van der Waals surface area contributed by atoms with Gasteiger partial charge in [-0.3, -0.25) is 0 Å². The van der Waals surface area contributed by atoms with Crippen LogP contribution < -0.4 is 0 Å². The highest BCUT2D eigenvalue weighted by atomic mass is 19.1. The van der Waals surface area contributed by atoms with E-state index in [2.05, 4.69) is 6.92 Å². The topological polar surface area (TPSA) is 0 Å². The lowest BCUT2D eigenvalue weighted by molar-refractivity contribution is 0.573. The van der Waals surface area contributed by atoms with Gasteiger partial charge in [0, 0.05) is 0 Å². The summed E-state index contributed by atoms with van der Waals surface area (Å²) >= 11 is 0. The van der Waals surface area contributed by atoms with Gasteiger partial charge in [0.1, 0.15) is 17.5 Å². The summed E-state index contributed by atoms with van der Waals surface area (Å²) in [4.78, 5) is 0. The summed E-state index contributed by atoms with van der Waals surface area (Å²) in [5.41, 5.74) is 2.82. The molecule has 3 heteroatoms. The minimum Gasteiger partial charge on any atom is -0.207 e. The fourth-order valence-electron chi connectivity index (χ4n) is 3.67. The van der Waals surface area contributed by atoms with Crippen molar-refractivity contribution in [3.05, 3.63) is 64.5 Å². The summed E-state index contributed by atoms with van der Waals surface area (Å²) < 4.78 is 42.6. The maximum atomic E-state index is 15.0. The molecule has 0 bridgehead atoms. The molecule has 1 aliphatic rings. The molecular formula is C23H25F3. The highest BCUT2D eigenvalue weighted by molar-refractivity contribution is 5.71. The largest absolute Gasteiger partial charge is 0.207 e. The van der Waals surface area contributed by atoms with Gasteiger partial charge in [-0.15, -0.1) is 0 Å². The molecule has 0 nitrogen and oxygen atoms in total. The van der Waals surface area contributed by atoms with E-state index < -0.39 is 17.5 Å².